The van der Waals surface area contributed by atoms with Gasteiger partial charge in [0, 0.05) is 19.7 Å². The molecule has 0 saturated carbocycles. The summed E-state index contributed by atoms with van der Waals surface area (Å²) in [6, 6.07) is -0.844. The first-order chi connectivity index (χ1) is 9.32. The summed E-state index contributed by atoms with van der Waals surface area (Å²) in [7, 11) is 1.83. The highest BCUT2D eigenvalue weighted by Crippen LogP contribution is 2.24. The van der Waals surface area contributed by atoms with Crippen LogP contribution in [0, 0.1) is 6.92 Å². The standard InChI is InChI=1S/C12H18ClN3O3S/c1-7-11(13)10(16(3)15-7)6-20-5-4-9(12(18)19)14-8(2)17/h9H,4-6H2,1-3H3,(H,14,17)(H,18,19). The number of thioether (sulfide) groups is 1. The molecule has 112 valence electrons. The number of halogens is 1. The van der Waals surface area contributed by atoms with Crippen LogP contribution in [0.5, 0.6) is 0 Å². The molecule has 1 heterocycles. The molecule has 1 rings (SSSR count). The molecule has 2 N–H and O–H groups in total. The van der Waals surface area contributed by atoms with E-state index < -0.39 is 12.0 Å². The molecule has 0 saturated heterocycles. The predicted molar refractivity (Wildman–Crippen MR) is 79.0 cm³/mol. The van der Waals surface area contributed by atoms with Crippen LogP contribution in [-0.2, 0) is 22.4 Å². The van der Waals surface area contributed by atoms with Crippen molar-refractivity contribution in [3.63, 3.8) is 0 Å². The average Bonchev–Trinajstić information content (AvgIpc) is 2.58. The van der Waals surface area contributed by atoms with E-state index in [1.807, 2.05) is 14.0 Å². The molecular weight excluding hydrogens is 302 g/mol. The maximum Gasteiger partial charge on any atom is 0.326 e. The van der Waals surface area contributed by atoms with E-state index in [9.17, 15) is 9.59 Å². The molecule has 0 radical (unpaired) electrons. The Balaban J connectivity index is 2.44. The van der Waals surface area contributed by atoms with E-state index in [-0.39, 0.29) is 5.91 Å². The van der Waals surface area contributed by atoms with Crippen molar-refractivity contribution in [2.24, 2.45) is 7.05 Å². The third-order valence-electron chi connectivity index (χ3n) is 2.73. The number of hydrogen-bond acceptors (Lipinski definition) is 4. The van der Waals surface area contributed by atoms with Crippen LogP contribution in [0.1, 0.15) is 24.7 Å². The number of aromatic nitrogens is 2. The van der Waals surface area contributed by atoms with Gasteiger partial charge in [-0.1, -0.05) is 11.6 Å². The zero-order valence-corrected chi connectivity index (χ0v) is 13.2. The zero-order valence-electron chi connectivity index (χ0n) is 11.6. The summed E-state index contributed by atoms with van der Waals surface area (Å²) >= 11 is 7.69. The first kappa shape index (κ1) is 16.8. The summed E-state index contributed by atoms with van der Waals surface area (Å²) in [6.07, 6.45) is 0.369. The molecule has 1 unspecified atom stereocenters. The van der Waals surface area contributed by atoms with Gasteiger partial charge in [-0.05, 0) is 19.1 Å². The topological polar surface area (TPSA) is 84.2 Å². The summed E-state index contributed by atoms with van der Waals surface area (Å²) in [5.74, 6) is -0.0941. The van der Waals surface area contributed by atoms with Gasteiger partial charge in [0.2, 0.25) is 5.91 Å². The Labute approximate surface area is 126 Å². The van der Waals surface area contributed by atoms with E-state index in [4.69, 9.17) is 16.7 Å². The minimum Gasteiger partial charge on any atom is -0.480 e. The third kappa shape index (κ3) is 4.72. The van der Waals surface area contributed by atoms with Crippen LogP contribution in [-0.4, -0.2) is 38.6 Å². The smallest absolute Gasteiger partial charge is 0.326 e. The average molecular weight is 320 g/mol. The highest BCUT2D eigenvalue weighted by molar-refractivity contribution is 7.98. The van der Waals surface area contributed by atoms with Crippen LogP contribution in [0.2, 0.25) is 5.02 Å². The normalized spacial score (nSPS) is 12.2. The summed E-state index contributed by atoms with van der Waals surface area (Å²) in [4.78, 5) is 21.8. The van der Waals surface area contributed by atoms with Crippen LogP contribution in [0.25, 0.3) is 0 Å². The van der Waals surface area contributed by atoms with Gasteiger partial charge in [0.15, 0.2) is 0 Å². The maximum absolute atomic E-state index is 11.0. The summed E-state index contributed by atoms with van der Waals surface area (Å²) < 4.78 is 1.73. The van der Waals surface area contributed by atoms with Crippen molar-refractivity contribution in [2.75, 3.05) is 5.75 Å². The number of amides is 1. The second kappa shape index (κ2) is 7.54. The minimum atomic E-state index is -1.02. The molecule has 20 heavy (non-hydrogen) atoms. The number of rotatable bonds is 7. The number of nitrogens with one attached hydrogen (secondary N) is 1. The molecular formula is C12H18ClN3O3S. The molecule has 8 heteroatoms. The number of nitrogens with zero attached hydrogens (tertiary/aromatic N) is 2. The largest absolute Gasteiger partial charge is 0.480 e. The number of aliphatic carboxylic acids is 1. The van der Waals surface area contributed by atoms with Gasteiger partial charge in [0.05, 0.1) is 16.4 Å². The number of aryl methyl sites for hydroxylation is 2. The number of carbonyl (C=O) groups is 2. The second-order valence-corrected chi connectivity index (χ2v) is 5.89. The number of carbonyl (C=O) groups excluding carboxylic acids is 1. The van der Waals surface area contributed by atoms with Gasteiger partial charge in [-0.3, -0.25) is 9.48 Å². The molecule has 0 aliphatic heterocycles. The van der Waals surface area contributed by atoms with Crippen molar-refractivity contribution in [2.45, 2.75) is 32.1 Å². The molecule has 1 aromatic heterocycles. The Bertz CT molecular complexity index is 504. The molecule has 0 bridgehead atoms. The first-order valence-corrected chi connectivity index (χ1v) is 7.61. The number of carboxylic acids is 1. The van der Waals surface area contributed by atoms with Gasteiger partial charge in [-0.15, -0.1) is 0 Å². The van der Waals surface area contributed by atoms with E-state index in [1.165, 1.54) is 6.92 Å². The van der Waals surface area contributed by atoms with Gasteiger partial charge >= 0.3 is 5.97 Å². The summed E-state index contributed by atoms with van der Waals surface area (Å²) in [5, 5.41) is 16.2. The molecule has 0 aliphatic rings. The number of carboxylic acid groups (broad SMARTS) is 1. The third-order valence-corrected chi connectivity index (χ3v) is 4.22. The highest BCUT2D eigenvalue weighted by atomic mass is 35.5. The molecule has 1 atom stereocenters. The van der Waals surface area contributed by atoms with Gasteiger partial charge in [0.25, 0.3) is 0 Å². The van der Waals surface area contributed by atoms with Crippen molar-refractivity contribution < 1.29 is 14.7 Å². The van der Waals surface area contributed by atoms with E-state index >= 15 is 0 Å². The van der Waals surface area contributed by atoms with Gasteiger partial charge < -0.3 is 10.4 Å². The molecule has 0 aromatic carbocycles. The van der Waals surface area contributed by atoms with Crippen LogP contribution >= 0.6 is 23.4 Å². The van der Waals surface area contributed by atoms with Gasteiger partial charge in [0.1, 0.15) is 6.04 Å². The maximum atomic E-state index is 11.0. The van der Waals surface area contributed by atoms with E-state index in [0.717, 1.165) is 11.4 Å². The molecule has 1 aromatic rings. The monoisotopic (exact) mass is 319 g/mol. The van der Waals surface area contributed by atoms with Crippen LogP contribution in [0.4, 0.5) is 0 Å². The fourth-order valence-corrected chi connectivity index (χ4v) is 3.09. The Kier molecular flexibility index (Phi) is 6.35. The van der Waals surface area contributed by atoms with Crippen molar-refractivity contribution >= 4 is 35.2 Å². The Morgan fingerprint density at radius 3 is 2.65 bits per heavy atom. The molecule has 0 aliphatic carbocycles. The van der Waals surface area contributed by atoms with Crippen molar-refractivity contribution in [1.29, 1.82) is 0 Å². The van der Waals surface area contributed by atoms with Crippen LogP contribution in [0.3, 0.4) is 0 Å². The first-order valence-electron chi connectivity index (χ1n) is 6.08. The molecule has 0 spiro atoms. The summed E-state index contributed by atoms with van der Waals surface area (Å²) in [5.41, 5.74) is 1.70. The molecule has 6 nitrogen and oxygen atoms in total. The lowest BCUT2D eigenvalue weighted by Crippen LogP contribution is -2.39. The van der Waals surface area contributed by atoms with Crippen LogP contribution < -0.4 is 5.32 Å². The molecule has 1 amide bonds. The zero-order chi connectivity index (χ0) is 15.3. The van der Waals surface area contributed by atoms with Crippen LogP contribution in [0.15, 0.2) is 0 Å². The van der Waals surface area contributed by atoms with E-state index in [2.05, 4.69) is 10.4 Å². The van der Waals surface area contributed by atoms with Crippen molar-refractivity contribution in [3.8, 4) is 0 Å². The molecule has 0 fully saturated rings. The Hall–Kier alpha value is -1.21. The lowest BCUT2D eigenvalue weighted by molar-refractivity contribution is -0.141. The Morgan fingerprint density at radius 1 is 1.55 bits per heavy atom. The number of hydrogen-bond donors (Lipinski definition) is 2. The summed E-state index contributed by atoms with van der Waals surface area (Å²) in [6.45, 7) is 3.15. The quantitative estimate of drug-likeness (QED) is 0.746. The van der Waals surface area contributed by atoms with E-state index in [1.54, 1.807) is 16.4 Å². The highest BCUT2D eigenvalue weighted by Gasteiger charge is 2.18. The van der Waals surface area contributed by atoms with Crippen molar-refractivity contribution in [3.05, 3.63) is 16.4 Å². The Morgan fingerprint density at radius 2 is 2.20 bits per heavy atom. The predicted octanol–water partition coefficient (Wildman–Crippen LogP) is 1.59. The lowest BCUT2D eigenvalue weighted by atomic mass is 10.2. The lowest BCUT2D eigenvalue weighted by Gasteiger charge is -2.12. The van der Waals surface area contributed by atoms with Crippen molar-refractivity contribution in [1.82, 2.24) is 15.1 Å². The minimum absolute atomic E-state index is 0.340. The van der Waals surface area contributed by atoms with Gasteiger partial charge in [-0.2, -0.15) is 16.9 Å². The SMILES string of the molecule is CC(=O)NC(CCSCc1c(Cl)c(C)nn1C)C(=O)O. The fraction of sp³-hybridized carbons (Fsp3) is 0.583. The fourth-order valence-electron chi connectivity index (χ4n) is 1.71. The van der Waals surface area contributed by atoms with Gasteiger partial charge in [-0.25, -0.2) is 4.79 Å². The van der Waals surface area contributed by atoms with E-state index in [0.29, 0.717) is 22.9 Å². The second-order valence-electron chi connectivity index (χ2n) is 4.40.